The molecule has 0 N–H and O–H groups in total. The predicted molar refractivity (Wildman–Crippen MR) is 91.5 cm³/mol. The van der Waals surface area contributed by atoms with Crippen molar-refractivity contribution < 1.29 is 0 Å². The van der Waals surface area contributed by atoms with Crippen LogP contribution < -0.4 is 5.46 Å². The van der Waals surface area contributed by atoms with E-state index in [2.05, 4.69) is 64.3 Å². The summed E-state index contributed by atoms with van der Waals surface area (Å²) in [6.45, 7) is 14.6. The molecule has 1 aliphatic heterocycles. The Morgan fingerprint density at radius 2 is 1.50 bits per heavy atom. The Morgan fingerprint density at radius 3 is 2.05 bits per heavy atom. The monoisotopic (exact) mass is 260 g/mol. The molecule has 1 aliphatic rings. The van der Waals surface area contributed by atoms with Crippen molar-refractivity contribution in [3.8, 4) is 0 Å². The van der Waals surface area contributed by atoms with Crippen LogP contribution in [-0.2, 0) is 0 Å². The minimum atomic E-state index is 0.296. The van der Waals surface area contributed by atoms with Crippen molar-refractivity contribution in [2.75, 3.05) is 0 Å². The average molecular weight is 260 g/mol. The standard InChI is InChI=1S/C19H21B/c1-6-8-9-19-16(5)15(4)18(7-2)20(19)17-12-10-14(3)11-13-17/h6-13H,1-2H2,3-5H3/b9-8-. The lowest BCUT2D eigenvalue weighted by Gasteiger charge is -2.13. The van der Waals surface area contributed by atoms with Crippen molar-refractivity contribution in [3.63, 3.8) is 0 Å². The molecule has 0 spiro atoms. The quantitative estimate of drug-likeness (QED) is 0.557. The molecular formula is C19H21B. The molecule has 0 aromatic heterocycles. The molecule has 1 aromatic rings. The second-order valence-corrected chi connectivity index (χ2v) is 5.30. The number of rotatable bonds is 4. The van der Waals surface area contributed by atoms with Gasteiger partial charge >= 0.3 is 0 Å². The van der Waals surface area contributed by atoms with E-state index in [0.717, 1.165) is 0 Å². The minimum Gasteiger partial charge on any atom is -0.0996 e. The van der Waals surface area contributed by atoms with Gasteiger partial charge in [0.15, 0.2) is 0 Å². The van der Waals surface area contributed by atoms with Crippen molar-refractivity contribution in [2.45, 2.75) is 20.8 Å². The van der Waals surface area contributed by atoms with Crippen LogP contribution in [0, 0.1) is 6.92 Å². The topological polar surface area (TPSA) is 0 Å². The van der Waals surface area contributed by atoms with Crippen LogP contribution in [0.4, 0.5) is 0 Å². The fourth-order valence-corrected chi connectivity index (χ4v) is 2.82. The van der Waals surface area contributed by atoms with Crippen LogP contribution in [0.1, 0.15) is 19.4 Å². The molecule has 1 heteroatoms. The van der Waals surface area contributed by atoms with Crippen LogP contribution in [0.15, 0.2) is 83.8 Å². The summed E-state index contributed by atoms with van der Waals surface area (Å²) in [7, 11) is 0. The van der Waals surface area contributed by atoms with Gasteiger partial charge in [-0.25, -0.2) is 0 Å². The SMILES string of the molecule is C=C/C=C\C1=C(C)C(C)=C(C=C)B1c1ccc(C)cc1. The molecule has 0 amide bonds. The highest BCUT2D eigenvalue weighted by Crippen LogP contribution is 2.32. The lowest BCUT2D eigenvalue weighted by Crippen LogP contribution is -2.32. The molecule has 0 saturated heterocycles. The first-order valence-electron chi connectivity index (χ1n) is 7.00. The third kappa shape index (κ3) is 2.49. The zero-order valence-corrected chi connectivity index (χ0v) is 12.6. The molecule has 1 aromatic carbocycles. The molecule has 0 nitrogen and oxygen atoms in total. The number of aryl methyl sites for hydroxylation is 1. The van der Waals surface area contributed by atoms with Crippen molar-refractivity contribution in [2.24, 2.45) is 0 Å². The largest absolute Gasteiger partial charge is 0.241 e. The Hall–Kier alpha value is -2.02. The molecule has 0 saturated carbocycles. The third-order valence-electron chi connectivity index (χ3n) is 4.09. The van der Waals surface area contributed by atoms with Gasteiger partial charge in [-0.1, -0.05) is 94.8 Å². The molecule has 0 fully saturated rings. The molecule has 1 heterocycles. The fraction of sp³-hybridized carbons (Fsp3) is 0.158. The van der Waals surface area contributed by atoms with Crippen LogP contribution in [0.5, 0.6) is 0 Å². The van der Waals surface area contributed by atoms with Crippen LogP contribution >= 0.6 is 0 Å². The summed E-state index contributed by atoms with van der Waals surface area (Å²) in [6, 6.07) is 8.79. The summed E-state index contributed by atoms with van der Waals surface area (Å²) in [6.07, 6.45) is 8.01. The summed E-state index contributed by atoms with van der Waals surface area (Å²) in [5.74, 6) is 0. The van der Waals surface area contributed by atoms with Crippen molar-refractivity contribution in [1.29, 1.82) is 0 Å². The zero-order valence-electron chi connectivity index (χ0n) is 12.6. The van der Waals surface area contributed by atoms with Gasteiger partial charge < -0.3 is 0 Å². The van der Waals surface area contributed by atoms with Gasteiger partial charge in [0.25, 0.3) is 0 Å². The molecule has 0 radical (unpaired) electrons. The van der Waals surface area contributed by atoms with Gasteiger partial charge in [0, 0.05) is 0 Å². The maximum Gasteiger partial charge on any atom is 0.241 e. The lowest BCUT2D eigenvalue weighted by atomic mass is 9.37. The Balaban J connectivity index is 2.56. The third-order valence-corrected chi connectivity index (χ3v) is 4.09. The van der Waals surface area contributed by atoms with Gasteiger partial charge in [-0.05, 0) is 20.8 Å². The Bertz CT molecular complexity index is 624. The summed E-state index contributed by atoms with van der Waals surface area (Å²) in [5.41, 5.74) is 7.97. The number of hydrogen-bond donors (Lipinski definition) is 0. The van der Waals surface area contributed by atoms with Crippen LogP contribution in [-0.4, -0.2) is 6.71 Å². The molecule has 2 rings (SSSR count). The maximum absolute atomic E-state index is 4.01. The highest BCUT2D eigenvalue weighted by Gasteiger charge is 2.31. The molecule has 0 unspecified atom stereocenters. The number of benzene rings is 1. The van der Waals surface area contributed by atoms with Gasteiger partial charge in [0.1, 0.15) is 0 Å². The predicted octanol–water partition coefficient (Wildman–Crippen LogP) is 4.35. The highest BCUT2D eigenvalue weighted by molar-refractivity contribution is 6.88. The summed E-state index contributed by atoms with van der Waals surface area (Å²) < 4.78 is 0. The number of allylic oxidation sites excluding steroid dienone is 8. The van der Waals surface area contributed by atoms with E-state index in [0.29, 0.717) is 6.71 Å². The fourth-order valence-electron chi connectivity index (χ4n) is 2.82. The normalized spacial score (nSPS) is 15.4. The molecule has 0 bridgehead atoms. The minimum absolute atomic E-state index is 0.296. The van der Waals surface area contributed by atoms with Crippen molar-refractivity contribution in [1.82, 2.24) is 0 Å². The lowest BCUT2D eigenvalue weighted by molar-refractivity contribution is 1.35. The van der Waals surface area contributed by atoms with Gasteiger partial charge in [-0.3, -0.25) is 0 Å². The van der Waals surface area contributed by atoms with Crippen molar-refractivity contribution in [3.05, 3.63) is 89.4 Å². The Kier molecular flexibility index (Phi) is 4.29. The van der Waals surface area contributed by atoms with E-state index in [1.54, 1.807) is 0 Å². The Labute approximate surface area is 123 Å². The summed E-state index contributed by atoms with van der Waals surface area (Å²) >= 11 is 0. The van der Waals surface area contributed by atoms with E-state index in [1.807, 2.05) is 18.2 Å². The second-order valence-electron chi connectivity index (χ2n) is 5.30. The van der Waals surface area contributed by atoms with E-state index in [1.165, 1.54) is 33.1 Å². The van der Waals surface area contributed by atoms with Crippen LogP contribution in [0.25, 0.3) is 0 Å². The zero-order chi connectivity index (χ0) is 14.7. The maximum atomic E-state index is 4.01. The second kappa shape index (κ2) is 5.96. The average Bonchev–Trinajstić information content (AvgIpc) is 2.69. The first-order valence-corrected chi connectivity index (χ1v) is 7.00. The van der Waals surface area contributed by atoms with Crippen molar-refractivity contribution >= 4 is 12.2 Å². The van der Waals surface area contributed by atoms with E-state index >= 15 is 0 Å². The molecule has 0 aliphatic carbocycles. The highest BCUT2D eigenvalue weighted by atomic mass is 14.1. The van der Waals surface area contributed by atoms with E-state index in [4.69, 9.17) is 0 Å². The molecular weight excluding hydrogens is 239 g/mol. The van der Waals surface area contributed by atoms with Gasteiger partial charge in [0.2, 0.25) is 6.71 Å². The van der Waals surface area contributed by atoms with Gasteiger partial charge in [-0.2, -0.15) is 0 Å². The van der Waals surface area contributed by atoms with Gasteiger partial charge in [0.05, 0.1) is 0 Å². The smallest absolute Gasteiger partial charge is 0.0996 e. The van der Waals surface area contributed by atoms with E-state index < -0.39 is 0 Å². The van der Waals surface area contributed by atoms with E-state index in [9.17, 15) is 0 Å². The van der Waals surface area contributed by atoms with Crippen LogP contribution in [0.3, 0.4) is 0 Å². The summed E-state index contributed by atoms with van der Waals surface area (Å²) in [4.78, 5) is 0. The first-order chi connectivity index (χ1) is 9.60. The van der Waals surface area contributed by atoms with E-state index in [-0.39, 0.29) is 0 Å². The molecule has 0 atom stereocenters. The van der Waals surface area contributed by atoms with Crippen LogP contribution in [0.2, 0.25) is 0 Å². The number of hydrogen-bond acceptors (Lipinski definition) is 0. The first kappa shape index (κ1) is 14.4. The Morgan fingerprint density at radius 1 is 0.900 bits per heavy atom. The van der Waals surface area contributed by atoms with Gasteiger partial charge in [-0.15, -0.1) is 0 Å². The molecule has 20 heavy (non-hydrogen) atoms. The molecule has 100 valence electrons. The summed E-state index contributed by atoms with van der Waals surface area (Å²) in [5, 5.41) is 0.